The standard InChI is InChI=1S/2C8H18NO2.C6H2F15O10P3/c2*1-9(3-6-10-2)4-7-11-8-5-9;7-1(8,9)4(16,17)27-33(25,28-5(18,19)2(10,11)12)31-34(26,30-32(22,23)24)29-6(20,21)3(13,14)15/h2*3-8H2,1-2H3;(H2,22,23,24)/q2*+1;/p-2. The van der Waals surface area contributed by atoms with E-state index in [0.717, 1.165) is 87.9 Å². The fourth-order valence-electron chi connectivity index (χ4n) is 3.56. The van der Waals surface area contributed by atoms with E-state index in [1.165, 1.54) is 0 Å². The lowest BCUT2D eigenvalue weighted by molar-refractivity contribution is -0.917. The molecular formula is C22H36F15N2O14P3. The zero-order valence-electron chi connectivity index (χ0n) is 29.1. The third kappa shape index (κ3) is 19.5. The molecule has 0 saturated carbocycles. The SMILES string of the molecule is COCC[N+]1(C)CCOCC1.COCC[N+]1(C)CCOCC1.O=P([O-])([O-])OP(=O)(OC(F)(F)C(F)(F)F)OP(=O)(OC(F)(F)C(F)(F)F)OC(F)(F)C(F)(F)F. The average molecular weight is 930 g/mol. The molecular weight excluding hydrogens is 894 g/mol. The maximum Gasteiger partial charge on any atom is 0.493 e. The first kappa shape index (κ1) is 55.1. The Morgan fingerprint density at radius 2 is 0.786 bits per heavy atom. The minimum Gasteiger partial charge on any atom is -0.789 e. The van der Waals surface area contributed by atoms with E-state index in [0.29, 0.717) is 0 Å². The van der Waals surface area contributed by atoms with Crippen LogP contribution in [0.4, 0.5) is 65.9 Å². The first-order valence-electron chi connectivity index (χ1n) is 14.7. The Labute approximate surface area is 307 Å². The van der Waals surface area contributed by atoms with E-state index in [-0.39, 0.29) is 0 Å². The largest absolute Gasteiger partial charge is 0.789 e. The molecule has 0 amide bonds. The number of hydrogen-bond acceptors (Lipinski definition) is 14. The third-order valence-corrected chi connectivity index (χ3v) is 11.4. The van der Waals surface area contributed by atoms with E-state index in [9.17, 15) is 89.3 Å². The fraction of sp³-hybridized carbons (Fsp3) is 1.00. The lowest BCUT2D eigenvalue weighted by Crippen LogP contribution is -2.53. The van der Waals surface area contributed by atoms with Crippen LogP contribution < -0.4 is 9.79 Å². The van der Waals surface area contributed by atoms with Gasteiger partial charge in [0.15, 0.2) is 0 Å². The van der Waals surface area contributed by atoms with Gasteiger partial charge in [-0.05, 0) is 0 Å². The van der Waals surface area contributed by atoms with Gasteiger partial charge in [-0.15, -0.1) is 0 Å². The van der Waals surface area contributed by atoms with Crippen molar-refractivity contribution >= 4 is 23.5 Å². The molecule has 0 aliphatic carbocycles. The second kappa shape index (κ2) is 20.6. The van der Waals surface area contributed by atoms with Gasteiger partial charge in [-0.25, -0.2) is 22.7 Å². The summed E-state index contributed by atoms with van der Waals surface area (Å²) in [6, 6.07) is 0. The van der Waals surface area contributed by atoms with Crippen molar-refractivity contribution in [1.29, 1.82) is 0 Å². The van der Waals surface area contributed by atoms with Crippen molar-refractivity contribution < 1.29 is 139 Å². The highest BCUT2D eigenvalue weighted by Gasteiger charge is 2.71. The van der Waals surface area contributed by atoms with Gasteiger partial charge >= 0.3 is 52.5 Å². The summed E-state index contributed by atoms with van der Waals surface area (Å²) in [6.07, 6.45) is -43.6. The quantitative estimate of drug-likeness (QED) is 0.117. The monoisotopic (exact) mass is 930 g/mol. The van der Waals surface area contributed by atoms with Gasteiger partial charge in [0.2, 0.25) is 0 Å². The molecule has 16 nitrogen and oxygen atoms in total. The van der Waals surface area contributed by atoms with Crippen LogP contribution in [0, 0.1) is 0 Å². The van der Waals surface area contributed by atoms with E-state index in [1.54, 1.807) is 14.2 Å². The van der Waals surface area contributed by atoms with Gasteiger partial charge in [0.25, 0.3) is 0 Å². The Morgan fingerprint density at radius 3 is 1.02 bits per heavy atom. The molecule has 338 valence electrons. The first-order chi connectivity index (χ1) is 24.8. The number of alkyl halides is 15. The number of halogens is 15. The molecule has 2 fully saturated rings. The van der Waals surface area contributed by atoms with Crippen molar-refractivity contribution in [2.75, 3.05) is 107 Å². The van der Waals surface area contributed by atoms with Crippen molar-refractivity contribution in [3.8, 4) is 0 Å². The molecule has 1 atom stereocenters. The molecule has 2 aliphatic heterocycles. The van der Waals surface area contributed by atoms with Crippen LogP contribution in [0.1, 0.15) is 0 Å². The lowest BCUT2D eigenvalue weighted by Gasteiger charge is -2.37. The average Bonchev–Trinajstić information content (AvgIpc) is 2.96. The highest BCUT2D eigenvalue weighted by molar-refractivity contribution is 7.66. The molecule has 0 aromatic rings. The normalized spacial score (nSPS) is 19.9. The molecule has 2 heterocycles. The van der Waals surface area contributed by atoms with E-state index in [4.69, 9.17) is 18.9 Å². The summed E-state index contributed by atoms with van der Waals surface area (Å²) in [4.78, 5) is 20.6. The Morgan fingerprint density at radius 1 is 0.518 bits per heavy atom. The number of methoxy groups -OCH3 is 2. The second-order valence-corrected chi connectivity index (χ2v) is 16.2. The molecule has 2 saturated heterocycles. The minimum absolute atomic E-state index is 0.858. The van der Waals surface area contributed by atoms with Crippen molar-refractivity contribution in [1.82, 2.24) is 0 Å². The maximum atomic E-state index is 12.9. The van der Waals surface area contributed by atoms with Crippen LogP contribution in [0.3, 0.4) is 0 Å². The summed E-state index contributed by atoms with van der Waals surface area (Å²) in [5.74, 6) is 0. The lowest BCUT2D eigenvalue weighted by atomic mass is 10.3. The number of ether oxygens (including phenoxy) is 4. The number of quaternary nitrogens is 2. The molecule has 2 rings (SSSR count). The number of nitrogens with zero attached hydrogens (tertiary/aromatic N) is 2. The van der Waals surface area contributed by atoms with Crippen LogP contribution in [0.2, 0.25) is 0 Å². The Hall–Kier alpha value is -0.880. The highest BCUT2D eigenvalue weighted by atomic mass is 31.3. The van der Waals surface area contributed by atoms with Gasteiger partial charge in [0, 0.05) is 14.2 Å². The van der Waals surface area contributed by atoms with E-state index >= 15 is 0 Å². The van der Waals surface area contributed by atoms with Crippen LogP contribution in [-0.2, 0) is 54.8 Å². The molecule has 2 aliphatic rings. The number of hydrogen-bond donors (Lipinski definition) is 0. The summed E-state index contributed by atoms with van der Waals surface area (Å²) in [6.45, 7) is 12.1. The summed E-state index contributed by atoms with van der Waals surface area (Å²) >= 11 is 0. The number of morpholine rings is 2. The number of likely N-dealkylation sites (N-methyl/N-ethyl adjacent to an activating group) is 2. The van der Waals surface area contributed by atoms with Crippen molar-refractivity contribution in [2.45, 2.75) is 36.9 Å². The summed E-state index contributed by atoms with van der Waals surface area (Å²) < 4.78 is 253. The third-order valence-electron chi connectivity index (χ3n) is 6.84. The Bertz CT molecular complexity index is 1280. The molecule has 1 unspecified atom stereocenters. The van der Waals surface area contributed by atoms with Gasteiger partial charge in [-0.3, -0.25) is 4.31 Å². The number of rotatable bonds is 16. The molecule has 56 heavy (non-hydrogen) atoms. The van der Waals surface area contributed by atoms with Gasteiger partial charge < -0.3 is 42.3 Å². The maximum absolute atomic E-state index is 12.9. The van der Waals surface area contributed by atoms with Crippen LogP contribution in [0.15, 0.2) is 0 Å². The van der Waals surface area contributed by atoms with E-state index < -0.39 is 60.3 Å². The van der Waals surface area contributed by atoms with Crippen molar-refractivity contribution in [3.05, 3.63) is 0 Å². The highest BCUT2D eigenvalue weighted by Crippen LogP contribution is 2.74. The minimum atomic E-state index is -8.55. The molecule has 0 aromatic heterocycles. The molecule has 0 radical (unpaired) electrons. The fourth-order valence-corrected chi connectivity index (χ4v) is 7.63. The summed E-state index contributed by atoms with van der Waals surface area (Å²) in [7, 11) is -16.2. The summed E-state index contributed by atoms with van der Waals surface area (Å²) in [5, 5.41) is 0. The van der Waals surface area contributed by atoms with Crippen LogP contribution in [0.25, 0.3) is 0 Å². The zero-order valence-corrected chi connectivity index (χ0v) is 31.8. The Kier molecular flexibility index (Phi) is 20.3. The van der Waals surface area contributed by atoms with Crippen LogP contribution in [0.5, 0.6) is 0 Å². The van der Waals surface area contributed by atoms with Crippen molar-refractivity contribution in [3.63, 3.8) is 0 Å². The first-order valence-corrected chi connectivity index (χ1v) is 19.1. The van der Waals surface area contributed by atoms with Crippen LogP contribution >= 0.6 is 23.5 Å². The number of phosphoric acid groups is 3. The predicted octanol–water partition coefficient (Wildman–Crippen LogP) is 4.80. The molecule has 0 aromatic carbocycles. The molecule has 0 bridgehead atoms. The topological polar surface area (TPSA) is 180 Å². The Balaban J connectivity index is 0.00000109. The van der Waals surface area contributed by atoms with Gasteiger partial charge in [-0.2, -0.15) is 70.2 Å². The van der Waals surface area contributed by atoms with Gasteiger partial charge in [-0.1, -0.05) is 0 Å². The van der Waals surface area contributed by atoms with E-state index in [1.807, 2.05) is 13.6 Å². The van der Waals surface area contributed by atoms with Gasteiger partial charge in [0.1, 0.15) is 39.3 Å². The zero-order chi connectivity index (χ0) is 44.3. The molecule has 34 heteroatoms. The molecule has 0 N–H and O–H groups in total. The summed E-state index contributed by atoms with van der Waals surface area (Å²) in [5.41, 5.74) is 0. The second-order valence-electron chi connectivity index (χ2n) is 11.6. The van der Waals surface area contributed by atoms with Crippen LogP contribution in [-0.4, -0.2) is 153 Å². The smallest absolute Gasteiger partial charge is 0.493 e. The predicted molar refractivity (Wildman–Crippen MR) is 148 cm³/mol. The number of phosphoric ester groups is 1. The van der Waals surface area contributed by atoms with Gasteiger partial charge in [0.05, 0.1) is 61.6 Å². The van der Waals surface area contributed by atoms with E-state index in [2.05, 4.69) is 22.7 Å². The van der Waals surface area contributed by atoms with Crippen molar-refractivity contribution in [2.24, 2.45) is 0 Å². The molecule has 0 spiro atoms.